The number of nitrogens with two attached hydrogens (primary N) is 1. The van der Waals surface area contributed by atoms with Gasteiger partial charge in [-0.3, -0.25) is 0 Å². The predicted octanol–water partition coefficient (Wildman–Crippen LogP) is 3.43. The van der Waals surface area contributed by atoms with E-state index in [1.54, 1.807) is 18.2 Å². The third-order valence-corrected chi connectivity index (χ3v) is 2.64. The molecule has 1 heterocycles. The molecule has 0 saturated heterocycles. The molecule has 0 spiro atoms. The molecular weight excluding hydrogens is 252 g/mol. The van der Waals surface area contributed by atoms with Crippen LogP contribution < -0.4 is 11.1 Å². The van der Waals surface area contributed by atoms with E-state index in [0.717, 1.165) is 12.1 Å². The lowest BCUT2D eigenvalue weighted by Gasteiger charge is -2.03. The highest BCUT2D eigenvalue weighted by Gasteiger charge is 2.13. The van der Waals surface area contributed by atoms with Gasteiger partial charge in [-0.15, -0.1) is 0 Å². The minimum absolute atomic E-state index is 0.0168. The van der Waals surface area contributed by atoms with E-state index in [1.807, 2.05) is 0 Å². The van der Waals surface area contributed by atoms with Crippen LogP contribution in [0.4, 0.5) is 26.2 Å². The van der Waals surface area contributed by atoms with Crippen LogP contribution in [0, 0.1) is 11.6 Å². The second-order valence-electron chi connectivity index (χ2n) is 3.93. The highest BCUT2D eigenvalue weighted by molar-refractivity contribution is 5.86. The summed E-state index contributed by atoms with van der Waals surface area (Å²) in [5.41, 5.74) is 6.74. The van der Waals surface area contributed by atoms with Gasteiger partial charge in [0.2, 0.25) is 0 Å². The number of benzene rings is 2. The summed E-state index contributed by atoms with van der Waals surface area (Å²) in [5, 5.41) is 2.47. The van der Waals surface area contributed by atoms with E-state index in [1.165, 1.54) is 6.07 Å². The standard InChI is InChI=1S/C13H9F2N3O/c14-7-3-1-4-8(15)11(7)17-13-18-12-9(16)5-2-6-10(12)19-13/h1-6H,16H2,(H,17,18). The van der Waals surface area contributed by atoms with Gasteiger partial charge in [0.25, 0.3) is 0 Å². The van der Waals surface area contributed by atoms with Crippen LogP contribution in [0.3, 0.4) is 0 Å². The van der Waals surface area contributed by atoms with E-state index in [9.17, 15) is 8.78 Å². The fourth-order valence-electron chi connectivity index (χ4n) is 1.75. The van der Waals surface area contributed by atoms with Crippen LogP contribution in [-0.2, 0) is 0 Å². The van der Waals surface area contributed by atoms with Crippen LogP contribution in [0.5, 0.6) is 0 Å². The second kappa shape index (κ2) is 4.24. The van der Waals surface area contributed by atoms with Crippen molar-refractivity contribution in [1.29, 1.82) is 0 Å². The van der Waals surface area contributed by atoms with Crippen LogP contribution in [0.15, 0.2) is 40.8 Å². The lowest BCUT2D eigenvalue weighted by molar-refractivity contribution is 0.581. The van der Waals surface area contributed by atoms with E-state index in [4.69, 9.17) is 10.2 Å². The van der Waals surface area contributed by atoms with Crippen molar-refractivity contribution in [3.8, 4) is 0 Å². The number of para-hydroxylation sites is 2. The van der Waals surface area contributed by atoms with Gasteiger partial charge in [0, 0.05) is 0 Å². The van der Waals surface area contributed by atoms with Crippen LogP contribution in [0.2, 0.25) is 0 Å². The van der Waals surface area contributed by atoms with Gasteiger partial charge in [0.15, 0.2) is 5.58 Å². The Morgan fingerprint density at radius 2 is 1.74 bits per heavy atom. The predicted molar refractivity (Wildman–Crippen MR) is 68.1 cm³/mol. The van der Waals surface area contributed by atoms with Gasteiger partial charge in [-0.05, 0) is 24.3 Å². The van der Waals surface area contributed by atoms with Gasteiger partial charge >= 0.3 is 6.01 Å². The third kappa shape index (κ3) is 1.97. The molecule has 0 amide bonds. The summed E-state index contributed by atoms with van der Waals surface area (Å²) in [4.78, 5) is 4.05. The number of nitrogens with one attached hydrogen (secondary N) is 1. The second-order valence-corrected chi connectivity index (χ2v) is 3.93. The Labute approximate surface area is 106 Å². The zero-order chi connectivity index (χ0) is 13.4. The Morgan fingerprint density at radius 1 is 1.05 bits per heavy atom. The molecule has 19 heavy (non-hydrogen) atoms. The molecule has 0 fully saturated rings. The summed E-state index contributed by atoms with van der Waals surface area (Å²) in [5.74, 6) is -1.45. The van der Waals surface area contributed by atoms with Gasteiger partial charge in [-0.2, -0.15) is 4.98 Å². The lowest BCUT2D eigenvalue weighted by atomic mass is 10.3. The number of fused-ring (bicyclic) bond motifs is 1. The molecule has 3 aromatic rings. The van der Waals surface area contributed by atoms with Gasteiger partial charge in [0.05, 0.1) is 5.69 Å². The van der Waals surface area contributed by atoms with Gasteiger partial charge in [-0.25, -0.2) is 8.78 Å². The molecule has 4 nitrogen and oxygen atoms in total. The Kier molecular flexibility index (Phi) is 2.56. The molecular formula is C13H9F2N3O. The average molecular weight is 261 g/mol. The maximum atomic E-state index is 13.5. The molecule has 0 aliphatic rings. The van der Waals surface area contributed by atoms with Crippen molar-refractivity contribution >= 4 is 28.5 Å². The van der Waals surface area contributed by atoms with Crippen molar-refractivity contribution in [3.63, 3.8) is 0 Å². The molecule has 3 rings (SSSR count). The van der Waals surface area contributed by atoms with E-state index in [0.29, 0.717) is 16.8 Å². The fourth-order valence-corrected chi connectivity index (χ4v) is 1.75. The molecule has 0 radical (unpaired) electrons. The molecule has 0 unspecified atom stereocenters. The van der Waals surface area contributed by atoms with Crippen molar-refractivity contribution in [2.45, 2.75) is 0 Å². The summed E-state index contributed by atoms with van der Waals surface area (Å²) in [6, 6.07) is 8.58. The Bertz CT molecular complexity index is 734. The van der Waals surface area contributed by atoms with Gasteiger partial charge in [0.1, 0.15) is 22.8 Å². The zero-order valence-corrected chi connectivity index (χ0v) is 9.65. The maximum absolute atomic E-state index is 13.5. The van der Waals surface area contributed by atoms with Crippen molar-refractivity contribution in [3.05, 3.63) is 48.0 Å². The number of hydrogen-bond acceptors (Lipinski definition) is 4. The quantitative estimate of drug-likeness (QED) is 0.694. The Hall–Kier alpha value is -2.63. The largest absolute Gasteiger partial charge is 0.423 e. The molecule has 0 bridgehead atoms. The van der Waals surface area contributed by atoms with Crippen LogP contribution >= 0.6 is 0 Å². The van der Waals surface area contributed by atoms with E-state index in [-0.39, 0.29) is 11.7 Å². The van der Waals surface area contributed by atoms with E-state index < -0.39 is 11.6 Å². The molecule has 2 aromatic carbocycles. The summed E-state index contributed by atoms with van der Waals surface area (Å²) >= 11 is 0. The molecule has 0 atom stereocenters. The van der Waals surface area contributed by atoms with Crippen LogP contribution in [-0.4, -0.2) is 4.98 Å². The minimum atomic E-state index is -0.727. The van der Waals surface area contributed by atoms with Crippen molar-refractivity contribution < 1.29 is 13.2 Å². The highest BCUT2D eigenvalue weighted by atomic mass is 19.1. The summed E-state index contributed by atoms with van der Waals surface area (Å²) in [7, 11) is 0. The van der Waals surface area contributed by atoms with Crippen molar-refractivity contribution in [1.82, 2.24) is 4.98 Å². The summed E-state index contributed by atoms with van der Waals surface area (Å²) < 4.78 is 32.3. The zero-order valence-electron chi connectivity index (χ0n) is 9.65. The number of nitrogen functional groups attached to an aromatic ring is 1. The van der Waals surface area contributed by atoms with Crippen LogP contribution in [0.1, 0.15) is 0 Å². The Balaban J connectivity index is 2.04. The minimum Gasteiger partial charge on any atom is -0.423 e. The number of aromatic nitrogens is 1. The first-order valence-electron chi connectivity index (χ1n) is 5.51. The van der Waals surface area contributed by atoms with Gasteiger partial charge < -0.3 is 15.5 Å². The fraction of sp³-hybridized carbons (Fsp3) is 0. The highest BCUT2D eigenvalue weighted by Crippen LogP contribution is 2.27. The number of anilines is 3. The first-order valence-corrected chi connectivity index (χ1v) is 5.51. The summed E-state index contributed by atoms with van der Waals surface area (Å²) in [6.45, 7) is 0. The molecule has 96 valence electrons. The lowest BCUT2D eigenvalue weighted by Crippen LogP contribution is -1.97. The van der Waals surface area contributed by atoms with Crippen molar-refractivity contribution in [2.24, 2.45) is 0 Å². The number of rotatable bonds is 2. The third-order valence-electron chi connectivity index (χ3n) is 2.64. The first-order chi connectivity index (χ1) is 9.15. The topological polar surface area (TPSA) is 64.1 Å². The Morgan fingerprint density at radius 3 is 2.42 bits per heavy atom. The average Bonchev–Trinajstić information content (AvgIpc) is 2.78. The van der Waals surface area contributed by atoms with E-state index in [2.05, 4.69) is 10.3 Å². The maximum Gasteiger partial charge on any atom is 0.300 e. The number of halogens is 2. The molecule has 0 aliphatic heterocycles. The van der Waals surface area contributed by atoms with Gasteiger partial charge in [-0.1, -0.05) is 12.1 Å². The molecule has 0 saturated carbocycles. The van der Waals surface area contributed by atoms with E-state index >= 15 is 0 Å². The smallest absolute Gasteiger partial charge is 0.300 e. The molecule has 0 aliphatic carbocycles. The number of oxazole rings is 1. The number of nitrogens with zero attached hydrogens (tertiary/aromatic N) is 1. The summed E-state index contributed by atoms with van der Waals surface area (Å²) in [6.07, 6.45) is 0. The van der Waals surface area contributed by atoms with Crippen molar-refractivity contribution in [2.75, 3.05) is 11.1 Å². The number of hydrogen-bond donors (Lipinski definition) is 2. The van der Waals surface area contributed by atoms with Crippen LogP contribution in [0.25, 0.3) is 11.1 Å². The monoisotopic (exact) mass is 261 g/mol. The first kappa shape index (κ1) is 11.5. The SMILES string of the molecule is Nc1cccc2oc(Nc3c(F)cccc3F)nc12. The molecule has 1 aromatic heterocycles. The molecule has 3 N–H and O–H groups in total. The normalized spacial score (nSPS) is 10.8. The molecule has 6 heteroatoms.